The molecule has 5 nitrogen and oxygen atoms in total. The summed E-state index contributed by atoms with van der Waals surface area (Å²) in [5.41, 5.74) is 0. The molecule has 0 bridgehead atoms. The summed E-state index contributed by atoms with van der Waals surface area (Å²) in [6, 6.07) is 1.74. The van der Waals surface area contributed by atoms with Crippen LogP contribution < -0.4 is 4.74 Å². The Bertz CT molecular complexity index is 559. The number of hydrogen-bond acceptors (Lipinski definition) is 4. The SMILES string of the molecule is CS(=O)(=O)N1CCC(Oc2cnc(Cl)cc2I)CC1. The molecule has 0 atom stereocenters. The highest BCUT2D eigenvalue weighted by Crippen LogP contribution is 2.26. The van der Waals surface area contributed by atoms with Crippen LogP contribution in [-0.4, -0.2) is 43.2 Å². The zero-order chi connectivity index (χ0) is 14.0. The third-order valence-electron chi connectivity index (χ3n) is 2.95. The lowest BCUT2D eigenvalue weighted by atomic mass is 10.1. The molecule has 0 unspecified atom stereocenters. The van der Waals surface area contributed by atoms with E-state index in [0.29, 0.717) is 36.8 Å². The molecule has 1 aromatic heterocycles. The summed E-state index contributed by atoms with van der Waals surface area (Å²) in [4.78, 5) is 3.99. The molecule has 1 saturated heterocycles. The lowest BCUT2D eigenvalue weighted by molar-refractivity contribution is 0.134. The van der Waals surface area contributed by atoms with Crippen LogP contribution in [0.1, 0.15) is 12.8 Å². The van der Waals surface area contributed by atoms with Gasteiger partial charge < -0.3 is 4.74 Å². The number of rotatable bonds is 3. The Morgan fingerprint density at radius 3 is 2.63 bits per heavy atom. The number of nitrogens with zero attached hydrogens (tertiary/aromatic N) is 2. The average molecular weight is 417 g/mol. The Kier molecular flexibility index (Phi) is 4.91. The van der Waals surface area contributed by atoms with Crippen molar-refractivity contribution in [1.82, 2.24) is 9.29 Å². The van der Waals surface area contributed by atoms with E-state index in [2.05, 4.69) is 27.6 Å². The zero-order valence-electron chi connectivity index (χ0n) is 10.3. The second-order valence-electron chi connectivity index (χ2n) is 4.42. The molecule has 0 amide bonds. The van der Waals surface area contributed by atoms with Crippen molar-refractivity contribution in [2.75, 3.05) is 19.3 Å². The Balaban J connectivity index is 1.96. The number of pyridine rings is 1. The molecule has 2 rings (SSSR count). The molecule has 1 aliphatic rings. The highest BCUT2D eigenvalue weighted by Gasteiger charge is 2.26. The second kappa shape index (κ2) is 6.11. The maximum absolute atomic E-state index is 11.4. The highest BCUT2D eigenvalue weighted by molar-refractivity contribution is 14.1. The summed E-state index contributed by atoms with van der Waals surface area (Å²) in [6.45, 7) is 1.00. The molecular weight excluding hydrogens is 403 g/mol. The summed E-state index contributed by atoms with van der Waals surface area (Å²) in [7, 11) is -3.09. The number of aromatic nitrogens is 1. The van der Waals surface area contributed by atoms with Crippen molar-refractivity contribution in [1.29, 1.82) is 0 Å². The predicted octanol–water partition coefficient (Wildman–Crippen LogP) is 2.14. The van der Waals surface area contributed by atoms with Crippen LogP contribution in [0.25, 0.3) is 0 Å². The molecular formula is C11H14ClIN2O3S. The molecule has 1 fully saturated rings. The molecule has 0 N–H and O–H groups in total. The topological polar surface area (TPSA) is 59.5 Å². The van der Waals surface area contributed by atoms with Crippen LogP contribution in [0.3, 0.4) is 0 Å². The zero-order valence-corrected chi connectivity index (χ0v) is 14.1. The van der Waals surface area contributed by atoms with E-state index in [1.165, 1.54) is 10.6 Å². The average Bonchev–Trinajstić information content (AvgIpc) is 2.32. The van der Waals surface area contributed by atoms with Crippen LogP contribution in [-0.2, 0) is 10.0 Å². The van der Waals surface area contributed by atoms with Gasteiger partial charge in [-0.3, -0.25) is 0 Å². The monoisotopic (exact) mass is 416 g/mol. The standard InChI is InChI=1S/C11H14ClIN2O3S/c1-19(16,17)15-4-2-8(3-5-15)18-10-7-14-11(12)6-9(10)13/h6-8H,2-5H2,1H3. The van der Waals surface area contributed by atoms with E-state index in [4.69, 9.17) is 16.3 Å². The Morgan fingerprint density at radius 2 is 2.11 bits per heavy atom. The smallest absolute Gasteiger partial charge is 0.211 e. The maximum atomic E-state index is 11.4. The van der Waals surface area contributed by atoms with Crippen molar-refractivity contribution >= 4 is 44.2 Å². The van der Waals surface area contributed by atoms with Crippen molar-refractivity contribution < 1.29 is 13.2 Å². The molecule has 1 aliphatic heterocycles. The first-order chi connectivity index (χ1) is 8.86. The Hall–Kier alpha value is -0.120. The molecule has 1 aromatic rings. The molecule has 19 heavy (non-hydrogen) atoms. The van der Waals surface area contributed by atoms with Gasteiger partial charge in [0.25, 0.3) is 0 Å². The van der Waals surface area contributed by atoms with Gasteiger partial charge in [-0.25, -0.2) is 17.7 Å². The molecule has 106 valence electrons. The molecule has 8 heteroatoms. The van der Waals surface area contributed by atoms with Gasteiger partial charge in [-0.05, 0) is 41.5 Å². The number of piperidine rings is 1. The molecule has 0 aromatic carbocycles. The van der Waals surface area contributed by atoms with Gasteiger partial charge in [-0.15, -0.1) is 0 Å². The third-order valence-corrected chi connectivity index (χ3v) is 5.30. The van der Waals surface area contributed by atoms with Gasteiger partial charge in [0, 0.05) is 13.1 Å². The lowest BCUT2D eigenvalue weighted by Crippen LogP contribution is -2.41. The van der Waals surface area contributed by atoms with E-state index in [-0.39, 0.29) is 6.10 Å². The van der Waals surface area contributed by atoms with Gasteiger partial charge in [0.1, 0.15) is 11.3 Å². The minimum Gasteiger partial charge on any atom is -0.488 e. The first kappa shape index (κ1) is 15.3. The lowest BCUT2D eigenvalue weighted by Gasteiger charge is -2.30. The van der Waals surface area contributed by atoms with Gasteiger partial charge in [-0.2, -0.15) is 0 Å². The molecule has 0 saturated carbocycles. The summed E-state index contributed by atoms with van der Waals surface area (Å²) in [5.74, 6) is 0.697. The summed E-state index contributed by atoms with van der Waals surface area (Å²) >= 11 is 7.93. The van der Waals surface area contributed by atoms with E-state index in [9.17, 15) is 8.42 Å². The summed E-state index contributed by atoms with van der Waals surface area (Å²) in [6.07, 6.45) is 4.24. The fourth-order valence-corrected chi connectivity index (χ4v) is 3.72. The quantitative estimate of drug-likeness (QED) is 0.560. The largest absolute Gasteiger partial charge is 0.488 e. The fraction of sp³-hybridized carbons (Fsp3) is 0.545. The van der Waals surface area contributed by atoms with Crippen molar-refractivity contribution in [2.24, 2.45) is 0 Å². The van der Waals surface area contributed by atoms with E-state index in [1.807, 2.05) is 0 Å². The third kappa shape index (κ3) is 4.17. The van der Waals surface area contributed by atoms with Crippen LogP contribution in [0, 0.1) is 3.57 Å². The van der Waals surface area contributed by atoms with Crippen LogP contribution >= 0.6 is 34.2 Å². The van der Waals surface area contributed by atoms with Crippen molar-refractivity contribution in [3.05, 3.63) is 21.0 Å². The van der Waals surface area contributed by atoms with E-state index in [1.54, 1.807) is 12.3 Å². The second-order valence-corrected chi connectivity index (χ2v) is 7.95. The van der Waals surface area contributed by atoms with Crippen molar-refractivity contribution in [3.63, 3.8) is 0 Å². The number of halogens is 2. The minimum atomic E-state index is -3.09. The minimum absolute atomic E-state index is 0.0227. The summed E-state index contributed by atoms with van der Waals surface area (Å²) < 4.78 is 31.0. The number of sulfonamides is 1. The van der Waals surface area contributed by atoms with Gasteiger partial charge in [0.2, 0.25) is 10.0 Å². The van der Waals surface area contributed by atoms with E-state index in [0.717, 1.165) is 3.57 Å². The van der Waals surface area contributed by atoms with Gasteiger partial charge in [0.15, 0.2) is 5.75 Å². The Labute approximate surface area is 131 Å². The summed E-state index contributed by atoms with van der Waals surface area (Å²) in [5, 5.41) is 0.434. The number of hydrogen-bond donors (Lipinski definition) is 0. The van der Waals surface area contributed by atoms with Crippen LogP contribution in [0.15, 0.2) is 12.3 Å². The van der Waals surface area contributed by atoms with Gasteiger partial charge in [-0.1, -0.05) is 11.6 Å². The van der Waals surface area contributed by atoms with Crippen LogP contribution in [0.5, 0.6) is 5.75 Å². The first-order valence-corrected chi connectivity index (χ1v) is 9.09. The Morgan fingerprint density at radius 1 is 1.47 bits per heavy atom. The van der Waals surface area contributed by atoms with Crippen LogP contribution in [0.4, 0.5) is 0 Å². The van der Waals surface area contributed by atoms with Crippen molar-refractivity contribution in [2.45, 2.75) is 18.9 Å². The molecule has 0 aliphatic carbocycles. The van der Waals surface area contributed by atoms with Gasteiger partial charge >= 0.3 is 0 Å². The molecule has 2 heterocycles. The first-order valence-electron chi connectivity index (χ1n) is 5.79. The van der Waals surface area contributed by atoms with E-state index < -0.39 is 10.0 Å². The molecule has 0 radical (unpaired) electrons. The predicted molar refractivity (Wildman–Crippen MR) is 82.0 cm³/mol. The maximum Gasteiger partial charge on any atom is 0.211 e. The van der Waals surface area contributed by atoms with Gasteiger partial charge in [0.05, 0.1) is 16.0 Å². The van der Waals surface area contributed by atoms with Crippen molar-refractivity contribution in [3.8, 4) is 5.75 Å². The number of ether oxygens (including phenoxy) is 1. The normalized spacial score (nSPS) is 18.5. The highest BCUT2D eigenvalue weighted by atomic mass is 127. The van der Waals surface area contributed by atoms with E-state index >= 15 is 0 Å². The van der Waals surface area contributed by atoms with Crippen LogP contribution in [0.2, 0.25) is 5.15 Å². The molecule has 0 spiro atoms. The fourth-order valence-electron chi connectivity index (χ4n) is 1.94.